The maximum absolute atomic E-state index is 12.0. The lowest BCUT2D eigenvalue weighted by atomic mass is 9.63. The minimum absolute atomic E-state index is 0.0837. The molecule has 2 aliphatic carbocycles. The number of carboxylic acid groups (broad SMARTS) is 1. The number of hydrogen-bond donors (Lipinski definition) is 1. The van der Waals surface area contributed by atoms with Gasteiger partial charge in [-0.25, -0.2) is 0 Å². The molecule has 0 bridgehead atoms. The van der Waals surface area contributed by atoms with Crippen LogP contribution in [0.2, 0.25) is 0 Å². The van der Waals surface area contributed by atoms with Crippen molar-refractivity contribution in [3.05, 3.63) is 23.9 Å². The lowest BCUT2D eigenvalue weighted by molar-refractivity contribution is -0.143. The number of aliphatic imine (C=N–C) groups is 1. The summed E-state index contributed by atoms with van der Waals surface area (Å²) in [6.07, 6.45) is 18.6. The molecule has 4 atom stereocenters. The van der Waals surface area contributed by atoms with E-state index in [-0.39, 0.29) is 16.6 Å². The number of nitrogens with zero attached hydrogens (tertiary/aromatic N) is 1. The van der Waals surface area contributed by atoms with Gasteiger partial charge in [0.1, 0.15) is 0 Å². The number of hydrogen-bond acceptors (Lipinski definition) is 3. The molecule has 1 saturated carbocycles. The average Bonchev–Trinajstić information content (AvgIpc) is 2.93. The van der Waals surface area contributed by atoms with Gasteiger partial charge in [-0.3, -0.25) is 9.79 Å². The molecule has 1 spiro atoms. The summed E-state index contributed by atoms with van der Waals surface area (Å²) in [5.41, 5.74) is 1.12. The fourth-order valence-corrected chi connectivity index (χ4v) is 7.18. The Morgan fingerprint density at radius 2 is 1.96 bits per heavy atom. The molecule has 130 valence electrons. The summed E-state index contributed by atoms with van der Waals surface area (Å²) < 4.78 is -0.0837. The summed E-state index contributed by atoms with van der Waals surface area (Å²) in [5.74, 6) is 1.05. The molecular weight excluding hydrogens is 318 g/mol. The van der Waals surface area contributed by atoms with E-state index in [2.05, 4.69) is 24.4 Å². The molecule has 0 aromatic rings. The summed E-state index contributed by atoms with van der Waals surface area (Å²) in [4.78, 5) is 16.8. The summed E-state index contributed by atoms with van der Waals surface area (Å²) in [7, 11) is 0. The van der Waals surface area contributed by atoms with Gasteiger partial charge in [0, 0.05) is 23.8 Å². The molecule has 1 saturated heterocycles. The molecule has 24 heavy (non-hydrogen) atoms. The molecule has 0 amide bonds. The van der Waals surface area contributed by atoms with Crippen LogP contribution < -0.4 is 0 Å². The van der Waals surface area contributed by atoms with Crippen molar-refractivity contribution in [2.75, 3.05) is 5.75 Å². The predicted molar refractivity (Wildman–Crippen MR) is 99.4 cm³/mol. The normalized spacial score (nSPS) is 39.5. The summed E-state index contributed by atoms with van der Waals surface area (Å²) in [6, 6.07) is 0. The van der Waals surface area contributed by atoms with E-state index in [9.17, 15) is 9.90 Å². The van der Waals surface area contributed by atoms with E-state index >= 15 is 0 Å². The zero-order valence-corrected chi connectivity index (χ0v) is 15.0. The van der Waals surface area contributed by atoms with E-state index in [1.54, 1.807) is 0 Å². The molecule has 4 rings (SSSR count). The number of carboxylic acids is 1. The van der Waals surface area contributed by atoms with Gasteiger partial charge in [0.25, 0.3) is 0 Å². The summed E-state index contributed by atoms with van der Waals surface area (Å²) in [5, 5.41) is 9.86. The summed E-state index contributed by atoms with van der Waals surface area (Å²) >= 11 is 1.86. The van der Waals surface area contributed by atoms with Crippen LogP contribution in [0.15, 0.2) is 28.9 Å². The van der Waals surface area contributed by atoms with Crippen LogP contribution in [0.25, 0.3) is 0 Å². The van der Waals surface area contributed by atoms with Crippen LogP contribution in [0, 0.1) is 23.7 Å². The third-order valence-electron chi connectivity index (χ3n) is 6.55. The standard InChI is InChI=1S/C20H27NO2S/c22-19(23)16-13-24-20-11-7-6-10-17(20)21-12-15(18(16)20)14-8-4-2-1-3-5-9-14/h6-7,10,12,14-16,18H,1-5,8-9,11,13H2,(H,22,23). The molecule has 2 aliphatic heterocycles. The van der Waals surface area contributed by atoms with Crippen molar-refractivity contribution in [1.82, 2.24) is 0 Å². The van der Waals surface area contributed by atoms with E-state index in [1.807, 2.05) is 11.8 Å². The van der Waals surface area contributed by atoms with Crippen LogP contribution in [0.3, 0.4) is 0 Å². The Hall–Kier alpha value is -1.03. The number of aliphatic carboxylic acids is 1. The van der Waals surface area contributed by atoms with E-state index in [4.69, 9.17) is 4.99 Å². The van der Waals surface area contributed by atoms with Crippen molar-refractivity contribution in [1.29, 1.82) is 0 Å². The molecule has 4 heteroatoms. The van der Waals surface area contributed by atoms with E-state index < -0.39 is 5.97 Å². The predicted octanol–water partition coefficient (Wildman–Crippen LogP) is 4.69. The van der Waals surface area contributed by atoms with Crippen LogP contribution >= 0.6 is 11.8 Å². The van der Waals surface area contributed by atoms with Crippen LogP contribution in [-0.4, -0.2) is 27.8 Å². The molecule has 3 nitrogen and oxygen atoms in total. The zero-order valence-electron chi connectivity index (χ0n) is 14.2. The van der Waals surface area contributed by atoms with Gasteiger partial charge < -0.3 is 5.11 Å². The quantitative estimate of drug-likeness (QED) is 0.789. The van der Waals surface area contributed by atoms with Gasteiger partial charge in [0.15, 0.2) is 0 Å². The van der Waals surface area contributed by atoms with Crippen LogP contribution in [0.4, 0.5) is 0 Å². The molecule has 0 radical (unpaired) electrons. The molecule has 0 aromatic carbocycles. The fourth-order valence-electron chi connectivity index (χ4n) is 5.35. The topological polar surface area (TPSA) is 49.7 Å². The molecule has 4 aliphatic rings. The Morgan fingerprint density at radius 1 is 1.21 bits per heavy atom. The van der Waals surface area contributed by atoms with Gasteiger partial charge in [0.05, 0.1) is 16.4 Å². The minimum atomic E-state index is -0.607. The molecule has 0 aromatic heterocycles. The Labute approximate surface area is 148 Å². The highest BCUT2D eigenvalue weighted by Gasteiger charge is 2.58. The van der Waals surface area contributed by atoms with Crippen LogP contribution in [0.5, 0.6) is 0 Å². The lowest BCUT2D eigenvalue weighted by Gasteiger charge is -2.45. The molecular formula is C20H27NO2S. The minimum Gasteiger partial charge on any atom is -0.481 e. The highest BCUT2D eigenvalue weighted by Crippen LogP contribution is 2.60. The first-order valence-corrected chi connectivity index (χ1v) is 10.5. The monoisotopic (exact) mass is 345 g/mol. The van der Waals surface area contributed by atoms with Crippen molar-refractivity contribution in [3.8, 4) is 0 Å². The number of rotatable bonds is 2. The van der Waals surface area contributed by atoms with Gasteiger partial charge in [-0.05, 0) is 31.3 Å². The third-order valence-corrected chi connectivity index (χ3v) is 8.24. The number of thioether (sulfide) groups is 1. The highest BCUT2D eigenvalue weighted by atomic mass is 32.2. The average molecular weight is 346 g/mol. The Morgan fingerprint density at radius 3 is 2.71 bits per heavy atom. The van der Waals surface area contributed by atoms with Gasteiger partial charge in [0.2, 0.25) is 0 Å². The third kappa shape index (κ3) is 2.67. The van der Waals surface area contributed by atoms with Gasteiger partial charge in [-0.15, -0.1) is 11.8 Å². The largest absolute Gasteiger partial charge is 0.481 e. The smallest absolute Gasteiger partial charge is 0.307 e. The van der Waals surface area contributed by atoms with Crippen molar-refractivity contribution >= 4 is 23.9 Å². The van der Waals surface area contributed by atoms with Crippen molar-refractivity contribution in [2.45, 2.75) is 56.1 Å². The van der Waals surface area contributed by atoms with Crippen molar-refractivity contribution in [2.24, 2.45) is 28.7 Å². The van der Waals surface area contributed by atoms with Gasteiger partial charge in [-0.1, -0.05) is 44.3 Å². The Balaban J connectivity index is 1.69. The Bertz CT molecular complexity index is 588. The Kier molecular flexibility index (Phi) is 4.59. The first-order chi connectivity index (χ1) is 11.7. The van der Waals surface area contributed by atoms with E-state index in [1.165, 1.54) is 44.9 Å². The van der Waals surface area contributed by atoms with Crippen molar-refractivity contribution in [3.63, 3.8) is 0 Å². The first-order valence-electron chi connectivity index (χ1n) is 9.50. The van der Waals surface area contributed by atoms with Crippen LogP contribution in [0.1, 0.15) is 51.4 Å². The molecule has 1 N–H and O–H groups in total. The molecule has 2 fully saturated rings. The van der Waals surface area contributed by atoms with Gasteiger partial charge >= 0.3 is 5.97 Å². The second-order valence-electron chi connectivity index (χ2n) is 7.82. The summed E-state index contributed by atoms with van der Waals surface area (Å²) in [6.45, 7) is 0. The van der Waals surface area contributed by atoms with Gasteiger partial charge in [-0.2, -0.15) is 0 Å². The van der Waals surface area contributed by atoms with Crippen molar-refractivity contribution < 1.29 is 9.90 Å². The SMILES string of the molecule is O=C(O)C1CSC23CC=CC=C2N=CC(C2CCCCCCC2)C13. The van der Waals surface area contributed by atoms with Crippen LogP contribution in [-0.2, 0) is 4.79 Å². The maximum atomic E-state index is 12.0. The molecule has 4 unspecified atom stereocenters. The molecule has 2 heterocycles. The lowest BCUT2D eigenvalue weighted by Crippen LogP contribution is -2.47. The second kappa shape index (κ2) is 6.70. The number of carbonyl (C=O) groups is 1. The number of allylic oxidation sites excluding steroid dienone is 3. The first kappa shape index (κ1) is 16.4. The van der Waals surface area contributed by atoms with E-state index in [0.717, 1.165) is 17.9 Å². The zero-order chi connectivity index (χ0) is 16.6. The second-order valence-corrected chi connectivity index (χ2v) is 9.17. The van der Waals surface area contributed by atoms with E-state index in [0.29, 0.717) is 11.8 Å². The maximum Gasteiger partial charge on any atom is 0.307 e. The fraction of sp³-hybridized carbons (Fsp3) is 0.700. The highest BCUT2D eigenvalue weighted by molar-refractivity contribution is 8.01.